The zero-order chi connectivity index (χ0) is 36.6. The van der Waals surface area contributed by atoms with E-state index in [1.165, 1.54) is 154 Å². The van der Waals surface area contributed by atoms with Gasteiger partial charge in [-0.1, -0.05) is 174 Å². The van der Waals surface area contributed by atoms with E-state index in [0.29, 0.717) is 6.42 Å². The number of nitrogens with two attached hydrogens (primary N) is 1. The molecule has 0 aromatic heterocycles. The molecular formula is C41H80NO7P. The molecule has 0 aliphatic rings. The van der Waals surface area contributed by atoms with Crippen LogP contribution in [0.25, 0.3) is 0 Å². The van der Waals surface area contributed by atoms with E-state index < -0.39 is 19.9 Å². The van der Waals surface area contributed by atoms with Gasteiger partial charge in [0, 0.05) is 13.0 Å². The maximum Gasteiger partial charge on any atom is 0.472 e. The Morgan fingerprint density at radius 1 is 0.600 bits per heavy atom. The predicted octanol–water partition coefficient (Wildman–Crippen LogP) is 12.4. The summed E-state index contributed by atoms with van der Waals surface area (Å²) in [5.41, 5.74) is 5.35. The lowest BCUT2D eigenvalue weighted by molar-refractivity contribution is -0.153. The molecule has 0 spiro atoms. The summed E-state index contributed by atoms with van der Waals surface area (Å²) in [6.45, 7) is 4.22. The highest BCUT2D eigenvalue weighted by atomic mass is 31.2. The molecule has 3 N–H and O–H groups in total. The largest absolute Gasteiger partial charge is 0.498 e. The van der Waals surface area contributed by atoms with Crippen molar-refractivity contribution in [3.05, 3.63) is 24.5 Å². The van der Waals surface area contributed by atoms with Gasteiger partial charge in [0.1, 0.15) is 6.61 Å². The molecule has 0 saturated heterocycles. The van der Waals surface area contributed by atoms with Crippen LogP contribution >= 0.6 is 7.82 Å². The summed E-state index contributed by atoms with van der Waals surface area (Å²) in [5.74, 6) is -0.399. The second kappa shape index (κ2) is 39.0. The third-order valence-corrected chi connectivity index (χ3v) is 9.93. The van der Waals surface area contributed by atoms with Crippen LogP contribution < -0.4 is 5.73 Å². The fraction of sp³-hybridized carbons (Fsp3) is 0.878. The van der Waals surface area contributed by atoms with Gasteiger partial charge in [0.15, 0.2) is 6.10 Å². The Labute approximate surface area is 308 Å². The van der Waals surface area contributed by atoms with Gasteiger partial charge < -0.3 is 20.1 Å². The minimum Gasteiger partial charge on any atom is -0.498 e. The van der Waals surface area contributed by atoms with Gasteiger partial charge in [-0.3, -0.25) is 13.8 Å². The van der Waals surface area contributed by atoms with Gasteiger partial charge in [0.25, 0.3) is 0 Å². The predicted molar refractivity (Wildman–Crippen MR) is 210 cm³/mol. The number of hydrogen-bond acceptors (Lipinski definition) is 7. The fourth-order valence-corrected chi connectivity index (χ4v) is 6.63. The lowest BCUT2D eigenvalue weighted by Gasteiger charge is -2.19. The molecule has 0 rings (SSSR count). The molecule has 296 valence electrons. The molecule has 0 fully saturated rings. The summed E-state index contributed by atoms with van der Waals surface area (Å²) >= 11 is 0. The summed E-state index contributed by atoms with van der Waals surface area (Å²) in [6, 6.07) is 0. The lowest BCUT2D eigenvalue weighted by Crippen LogP contribution is -2.27. The Balaban J connectivity index is 4.12. The van der Waals surface area contributed by atoms with Crippen LogP contribution in [0.4, 0.5) is 0 Å². The highest BCUT2D eigenvalue weighted by Crippen LogP contribution is 2.43. The molecular weight excluding hydrogens is 649 g/mol. The maximum atomic E-state index is 12.5. The van der Waals surface area contributed by atoms with Gasteiger partial charge >= 0.3 is 13.8 Å². The number of allylic oxidation sites excluding steroid dienone is 3. The third kappa shape index (κ3) is 38.1. The monoisotopic (exact) mass is 730 g/mol. The molecule has 2 unspecified atom stereocenters. The number of carbonyl (C=O) groups excluding carboxylic acids is 1. The van der Waals surface area contributed by atoms with E-state index in [-0.39, 0.29) is 32.8 Å². The fourth-order valence-electron chi connectivity index (χ4n) is 5.86. The Morgan fingerprint density at radius 2 is 1.02 bits per heavy atom. The first-order valence-corrected chi connectivity index (χ1v) is 22.4. The van der Waals surface area contributed by atoms with Crippen LogP contribution in [0.15, 0.2) is 24.5 Å². The van der Waals surface area contributed by atoms with Crippen LogP contribution in [0, 0.1) is 0 Å². The highest BCUT2D eigenvalue weighted by Gasteiger charge is 2.25. The van der Waals surface area contributed by atoms with Gasteiger partial charge in [0.05, 0.1) is 19.5 Å². The van der Waals surface area contributed by atoms with Crippen LogP contribution in [0.2, 0.25) is 0 Å². The van der Waals surface area contributed by atoms with Gasteiger partial charge in [0.2, 0.25) is 0 Å². The second-order valence-electron chi connectivity index (χ2n) is 13.9. The summed E-state index contributed by atoms with van der Waals surface area (Å²) in [6.07, 6.45) is 43.0. The maximum absolute atomic E-state index is 12.5. The standard InChI is InChI=1S/C41H80NO7P/c1-3-5-7-9-11-13-15-17-19-21-23-25-27-29-31-33-36-46-38-40(39-48-50(44,45)47-37-35-42)49-41(43)34-32-30-28-26-24-22-20-18-16-14-12-10-8-6-4-2/h28,30,33,36,40H,3-27,29,31-32,34-35,37-39,42H2,1-2H3,(H,44,45)/b30-28-,36-33+. The molecule has 0 heterocycles. The smallest absolute Gasteiger partial charge is 0.472 e. The lowest BCUT2D eigenvalue weighted by atomic mass is 10.0. The van der Waals surface area contributed by atoms with E-state index in [1.807, 2.05) is 12.2 Å². The zero-order valence-electron chi connectivity index (χ0n) is 32.6. The number of phosphoric acid groups is 1. The second-order valence-corrected chi connectivity index (χ2v) is 15.4. The van der Waals surface area contributed by atoms with Gasteiger partial charge in [-0.25, -0.2) is 4.57 Å². The van der Waals surface area contributed by atoms with Crippen molar-refractivity contribution in [2.24, 2.45) is 5.73 Å². The molecule has 0 amide bonds. The first-order chi connectivity index (χ1) is 24.4. The average molecular weight is 730 g/mol. The molecule has 0 aromatic carbocycles. The van der Waals surface area contributed by atoms with Gasteiger partial charge in [-0.15, -0.1) is 0 Å². The first kappa shape index (κ1) is 48.8. The van der Waals surface area contributed by atoms with Crippen LogP contribution in [-0.4, -0.2) is 43.3 Å². The molecule has 0 aliphatic carbocycles. The summed E-state index contributed by atoms with van der Waals surface area (Å²) in [7, 11) is -4.29. The first-order valence-electron chi connectivity index (χ1n) is 20.9. The molecule has 0 aliphatic heterocycles. The summed E-state index contributed by atoms with van der Waals surface area (Å²) < 4.78 is 33.1. The van der Waals surface area contributed by atoms with Crippen molar-refractivity contribution in [3.8, 4) is 0 Å². The number of rotatable bonds is 40. The van der Waals surface area contributed by atoms with Crippen molar-refractivity contribution in [2.45, 2.75) is 206 Å². The van der Waals surface area contributed by atoms with Crippen LogP contribution in [0.3, 0.4) is 0 Å². The topological polar surface area (TPSA) is 117 Å². The van der Waals surface area contributed by atoms with Crippen molar-refractivity contribution in [1.29, 1.82) is 0 Å². The van der Waals surface area contributed by atoms with E-state index in [1.54, 1.807) is 6.26 Å². The SMILES string of the molecule is CCCCCCCCCCCCC/C=C\CCC(=O)OC(CO/C=C/CCCCCCCCCCCCCCCC)COP(=O)(O)OCCN. The quantitative estimate of drug-likeness (QED) is 0.0210. The van der Waals surface area contributed by atoms with Crippen molar-refractivity contribution >= 4 is 13.8 Å². The van der Waals surface area contributed by atoms with Crippen molar-refractivity contribution in [3.63, 3.8) is 0 Å². The van der Waals surface area contributed by atoms with Crippen molar-refractivity contribution < 1.29 is 32.8 Å². The number of ether oxygens (including phenoxy) is 2. The molecule has 8 nitrogen and oxygen atoms in total. The van der Waals surface area contributed by atoms with Crippen LogP contribution in [0.1, 0.15) is 200 Å². The molecule has 0 bridgehead atoms. The van der Waals surface area contributed by atoms with Crippen molar-refractivity contribution in [2.75, 3.05) is 26.4 Å². The van der Waals surface area contributed by atoms with Crippen LogP contribution in [0.5, 0.6) is 0 Å². The molecule has 50 heavy (non-hydrogen) atoms. The number of esters is 1. The summed E-state index contributed by atoms with van der Waals surface area (Å²) in [4.78, 5) is 22.4. The van der Waals surface area contributed by atoms with E-state index in [2.05, 4.69) is 19.9 Å². The average Bonchev–Trinajstić information content (AvgIpc) is 3.10. The van der Waals surface area contributed by atoms with E-state index >= 15 is 0 Å². The number of unbranched alkanes of at least 4 members (excludes halogenated alkanes) is 25. The van der Waals surface area contributed by atoms with E-state index in [9.17, 15) is 14.3 Å². The molecule has 2 atom stereocenters. The minimum atomic E-state index is -4.29. The molecule has 0 radical (unpaired) electrons. The number of phosphoric ester groups is 1. The van der Waals surface area contributed by atoms with Gasteiger partial charge in [-0.05, 0) is 38.2 Å². The normalized spacial score (nSPS) is 13.7. The Bertz CT molecular complexity index is 823. The summed E-state index contributed by atoms with van der Waals surface area (Å²) in [5, 5.41) is 0. The molecule has 0 saturated carbocycles. The highest BCUT2D eigenvalue weighted by molar-refractivity contribution is 7.47. The number of hydrogen-bond donors (Lipinski definition) is 2. The Morgan fingerprint density at radius 3 is 1.48 bits per heavy atom. The molecule has 9 heteroatoms. The molecule has 0 aromatic rings. The van der Waals surface area contributed by atoms with E-state index in [4.69, 9.17) is 24.3 Å². The number of carbonyl (C=O) groups is 1. The zero-order valence-corrected chi connectivity index (χ0v) is 33.5. The van der Waals surface area contributed by atoms with Crippen LogP contribution in [-0.2, 0) is 27.9 Å². The Hall–Kier alpha value is -1.18. The Kier molecular flexibility index (Phi) is 38.1. The van der Waals surface area contributed by atoms with Gasteiger partial charge in [-0.2, -0.15) is 0 Å². The van der Waals surface area contributed by atoms with Crippen molar-refractivity contribution in [1.82, 2.24) is 0 Å². The third-order valence-electron chi connectivity index (χ3n) is 8.95. The minimum absolute atomic E-state index is 0.0204. The van der Waals surface area contributed by atoms with E-state index in [0.717, 1.165) is 19.3 Å².